The van der Waals surface area contributed by atoms with Crippen LogP contribution >= 0.6 is 0 Å². The molecule has 0 aromatic heterocycles. The van der Waals surface area contributed by atoms with Gasteiger partial charge in [0.15, 0.2) is 0 Å². The topological polar surface area (TPSA) is 24.5 Å². The third-order valence-electron chi connectivity index (χ3n) is 3.44. The van der Waals surface area contributed by atoms with Crippen molar-refractivity contribution in [1.82, 2.24) is 0 Å². The number of hydrogen-bond donors (Lipinski definition) is 1. The van der Waals surface area contributed by atoms with Crippen molar-refractivity contribution in [3.8, 4) is 0 Å². The zero-order valence-corrected chi connectivity index (χ0v) is 11.9. The van der Waals surface area contributed by atoms with Gasteiger partial charge in [0.2, 0.25) is 0 Å². The Balaban J connectivity index is 2.09. The summed E-state index contributed by atoms with van der Waals surface area (Å²) < 4.78 is 5.76. The highest BCUT2D eigenvalue weighted by molar-refractivity contribution is 5.69. The van der Waals surface area contributed by atoms with E-state index in [1.54, 1.807) is 0 Å². The van der Waals surface area contributed by atoms with E-state index in [9.17, 15) is 0 Å². The minimum absolute atomic E-state index is 0.0109. The Morgan fingerprint density at radius 2 is 2.00 bits per heavy atom. The molecule has 0 amide bonds. The molecular formula is C15H24N2O. The van der Waals surface area contributed by atoms with Gasteiger partial charge in [-0.1, -0.05) is 12.1 Å². The van der Waals surface area contributed by atoms with Crippen molar-refractivity contribution >= 4 is 11.4 Å². The predicted molar refractivity (Wildman–Crippen MR) is 77.4 cm³/mol. The molecule has 2 rings (SSSR count). The fraction of sp³-hybridized carbons (Fsp3) is 0.600. The molecule has 1 aliphatic heterocycles. The number of para-hydroxylation sites is 2. The molecule has 1 fully saturated rings. The lowest BCUT2D eigenvalue weighted by Gasteiger charge is -2.36. The normalized spacial score (nSPS) is 22.6. The summed E-state index contributed by atoms with van der Waals surface area (Å²) in [5.41, 5.74) is 2.44. The molecule has 0 spiro atoms. The summed E-state index contributed by atoms with van der Waals surface area (Å²) in [6, 6.07) is 8.95. The molecule has 18 heavy (non-hydrogen) atoms. The molecule has 0 bridgehead atoms. The van der Waals surface area contributed by atoms with E-state index in [0.29, 0.717) is 6.04 Å². The number of ether oxygens (including phenoxy) is 1. The lowest BCUT2D eigenvalue weighted by atomic mass is 9.93. The van der Waals surface area contributed by atoms with Crippen LogP contribution in [0.3, 0.4) is 0 Å². The Bertz CT molecular complexity index is 401. The maximum Gasteiger partial charge on any atom is 0.0646 e. The Hall–Kier alpha value is -1.22. The largest absolute Gasteiger partial charge is 0.380 e. The third-order valence-corrected chi connectivity index (χ3v) is 3.44. The van der Waals surface area contributed by atoms with Crippen molar-refractivity contribution in [3.05, 3.63) is 24.3 Å². The molecule has 1 saturated heterocycles. The van der Waals surface area contributed by atoms with Crippen LogP contribution in [0.25, 0.3) is 0 Å². The van der Waals surface area contributed by atoms with E-state index in [1.165, 1.54) is 11.4 Å². The summed E-state index contributed by atoms with van der Waals surface area (Å²) in [5.74, 6) is 0. The standard InChI is InChI=1S/C15H24N2O/c1-15(2)11-12(9-10-18-15)16-13-7-5-6-8-14(13)17(3)4/h5-8,12,16H,9-11H2,1-4H3. The number of nitrogens with one attached hydrogen (secondary N) is 1. The first-order valence-corrected chi connectivity index (χ1v) is 6.65. The average molecular weight is 248 g/mol. The van der Waals surface area contributed by atoms with Crippen LogP contribution in [0, 0.1) is 0 Å². The van der Waals surface area contributed by atoms with E-state index in [1.807, 2.05) is 0 Å². The first kappa shape index (κ1) is 13.2. The SMILES string of the molecule is CN(C)c1ccccc1NC1CCOC(C)(C)C1. The van der Waals surface area contributed by atoms with Gasteiger partial charge in [-0.25, -0.2) is 0 Å². The zero-order chi connectivity index (χ0) is 13.2. The number of rotatable bonds is 3. The molecule has 1 unspecified atom stereocenters. The number of hydrogen-bond acceptors (Lipinski definition) is 3. The van der Waals surface area contributed by atoms with Gasteiger partial charge in [-0.3, -0.25) is 0 Å². The number of benzene rings is 1. The highest BCUT2D eigenvalue weighted by Gasteiger charge is 2.28. The Kier molecular flexibility index (Phi) is 3.81. The summed E-state index contributed by atoms with van der Waals surface area (Å²) in [6.45, 7) is 5.17. The minimum Gasteiger partial charge on any atom is -0.380 e. The lowest BCUT2D eigenvalue weighted by Crippen LogP contribution is -2.40. The molecule has 1 aromatic carbocycles. The first-order chi connectivity index (χ1) is 8.48. The van der Waals surface area contributed by atoms with E-state index in [2.05, 4.69) is 62.4 Å². The van der Waals surface area contributed by atoms with Gasteiger partial charge >= 0.3 is 0 Å². The predicted octanol–water partition coefficient (Wildman–Crippen LogP) is 3.12. The highest BCUT2D eigenvalue weighted by Crippen LogP contribution is 2.30. The average Bonchev–Trinajstić information content (AvgIpc) is 2.28. The molecule has 0 saturated carbocycles. The molecule has 3 nitrogen and oxygen atoms in total. The van der Waals surface area contributed by atoms with Gasteiger partial charge in [-0.2, -0.15) is 0 Å². The minimum atomic E-state index is -0.0109. The fourth-order valence-electron chi connectivity index (χ4n) is 2.56. The van der Waals surface area contributed by atoms with Gasteiger partial charge in [-0.15, -0.1) is 0 Å². The Labute approximate surface area is 110 Å². The molecule has 100 valence electrons. The second-order valence-corrected chi connectivity index (χ2v) is 5.85. The van der Waals surface area contributed by atoms with Gasteiger partial charge < -0.3 is 15.0 Å². The van der Waals surface area contributed by atoms with Crippen LogP contribution in [0.15, 0.2) is 24.3 Å². The smallest absolute Gasteiger partial charge is 0.0646 e. The van der Waals surface area contributed by atoms with Crippen LogP contribution < -0.4 is 10.2 Å². The van der Waals surface area contributed by atoms with Crippen molar-refractivity contribution in [2.24, 2.45) is 0 Å². The van der Waals surface area contributed by atoms with Crippen LogP contribution in [0.1, 0.15) is 26.7 Å². The van der Waals surface area contributed by atoms with Crippen LogP contribution in [0.2, 0.25) is 0 Å². The number of nitrogens with zero attached hydrogens (tertiary/aromatic N) is 1. The maximum atomic E-state index is 5.76. The van der Waals surface area contributed by atoms with E-state index in [4.69, 9.17) is 4.74 Å². The van der Waals surface area contributed by atoms with Gasteiger partial charge in [0.25, 0.3) is 0 Å². The van der Waals surface area contributed by atoms with E-state index < -0.39 is 0 Å². The molecule has 0 aliphatic carbocycles. The summed E-state index contributed by atoms with van der Waals surface area (Å²) in [7, 11) is 4.16. The maximum absolute atomic E-state index is 5.76. The van der Waals surface area contributed by atoms with E-state index in [0.717, 1.165) is 19.4 Å². The van der Waals surface area contributed by atoms with E-state index >= 15 is 0 Å². The molecular weight excluding hydrogens is 224 g/mol. The van der Waals surface area contributed by atoms with Gasteiger partial charge in [-0.05, 0) is 38.8 Å². The second-order valence-electron chi connectivity index (χ2n) is 5.85. The molecule has 1 aromatic rings. The van der Waals surface area contributed by atoms with Crippen molar-refractivity contribution < 1.29 is 4.74 Å². The molecule has 1 N–H and O–H groups in total. The molecule has 1 atom stereocenters. The van der Waals surface area contributed by atoms with Crippen molar-refractivity contribution in [2.75, 3.05) is 30.9 Å². The van der Waals surface area contributed by atoms with Crippen molar-refractivity contribution in [1.29, 1.82) is 0 Å². The summed E-state index contributed by atoms with van der Waals surface area (Å²) >= 11 is 0. The number of anilines is 2. The first-order valence-electron chi connectivity index (χ1n) is 6.65. The third kappa shape index (κ3) is 3.16. The van der Waals surface area contributed by atoms with Crippen molar-refractivity contribution in [2.45, 2.75) is 38.3 Å². The second kappa shape index (κ2) is 5.19. The fourth-order valence-corrected chi connectivity index (χ4v) is 2.56. The van der Waals surface area contributed by atoms with Crippen LogP contribution in [0.5, 0.6) is 0 Å². The summed E-state index contributed by atoms with van der Waals surface area (Å²) in [5, 5.41) is 3.66. The quantitative estimate of drug-likeness (QED) is 0.889. The molecule has 0 radical (unpaired) electrons. The van der Waals surface area contributed by atoms with Crippen LogP contribution in [-0.4, -0.2) is 32.3 Å². The van der Waals surface area contributed by atoms with Crippen LogP contribution in [0.4, 0.5) is 11.4 Å². The monoisotopic (exact) mass is 248 g/mol. The summed E-state index contributed by atoms with van der Waals surface area (Å²) in [4.78, 5) is 2.15. The van der Waals surface area contributed by atoms with Crippen LogP contribution in [-0.2, 0) is 4.74 Å². The Morgan fingerprint density at radius 3 is 2.67 bits per heavy atom. The summed E-state index contributed by atoms with van der Waals surface area (Å²) in [6.07, 6.45) is 2.12. The molecule has 3 heteroatoms. The van der Waals surface area contributed by atoms with E-state index in [-0.39, 0.29) is 5.60 Å². The highest BCUT2D eigenvalue weighted by atomic mass is 16.5. The van der Waals surface area contributed by atoms with Crippen molar-refractivity contribution in [3.63, 3.8) is 0 Å². The van der Waals surface area contributed by atoms with Gasteiger partial charge in [0.1, 0.15) is 0 Å². The lowest BCUT2D eigenvalue weighted by molar-refractivity contribution is -0.0553. The van der Waals surface area contributed by atoms with Gasteiger partial charge in [0, 0.05) is 26.7 Å². The van der Waals surface area contributed by atoms with Gasteiger partial charge in [0.05, 0.1) is 17.0 Å². The molecule has 1 aliphatic rings. The Morgan fingerprint density at radius 1 is 1.28 bits per heavy atom. The molecule has 1 heterocycles. The zero-order valence-electron chi connectivity index (χ0n) is 11.9.